The summed E-state index contributed by atoms with van der Waals surface area (Å²) in [5, 5.41) is 0. The predicted molar refractivity (Wildman–Crippen MR) is 107 cm³/mol. The van der Waals surface area contributed by atoms with E-state index in [-0.39, 0.29) is 23.7 Å². The van der Waals surface area contributed by atoms with Crippen LogP contribution in [-0.4, -0.2) is 19.8 Å². The Kier molecular flexibility index (Phi) is 5.78. The van der Waals surface area contributed by atoms with Crippen molar-refractivity contribution in [2.75, 3.05) is 12.8 Å². The normalized spacial score (nSPS) is 11.5. The fraction of sp³-hybridized carbons (Fsp3) is 0.143. The minimum atomic E-state index is -3.75. The monoisotopic (exact) mass is 382 g/mol. The van der Waals surface area contributed by atoms with E-state index in [1.54, 1.807) is 6.07 Å². The third kappa shape index (κ3) is 4.48. The van der Waals surface area contributed by atoms with Gasteiger partial charge in [-0.25, -0.2) is 8.42 Å². The molecule has 3 aromatic rings. The van der Waals surface area contributed by atoms with Crippen molar-refractivity contribution in [1.82, 2.24) is 4.31 Å². The molecular formula is C21H22N2O3S. The summed E-state index contributed by atoms with van der Waals surface area (Å²) in [6.07, 6.45) is 0. The molecule has 3 rings (SSSR count). The Bertz CT molecular complexity index is 949. The van der Waals surface area contributed by atoms with E-state index in [1.807, 2.05) is 60.7 Å². The highest BCUT2D eigenvalue weighted by molar-refractivity contribution is 7.89. The molecule has 0 amide bonds. The Morgan fingerprint density at radius 3 is 1.81 bits per heavy atom. The molecule has 140 valence electrons. The van der Waals surface area contributed by atoms with E-state index in [0.717, 1.165) is 11.1 Å². The fourth-order valence-corrected chi connectivity index (χ4v) is 4.27. The number of benzene rings is 3. The highest BCUT2D eigenvalue weighted by atomic mass is 32.2. The third-order valence-electron chi connectivity index (χ3n) is 4.24. The number of ether oxygens (including phenoxy) is 1. The van der Waals surface area contributed by atoms with Crippen LogP contribution in [0.15, 0.2) is 83.8 Å². The molecule has 0 atom stereocenters. The summed E-state index contributed by atoms with van der Waals surface area (Å²) < 4.78 is 33.2. The summed E-state index contributed by atoms with van der Waals surface area (Å²) in [7, 11) is -2.25. The zero-order valence-electron chi connectivity index (χ0n) is 15.1. The van der Waals surface area contributed by atoms with Gasteiger partial charge < -0.3 is 10.5 Å². The number of nitrogen functional groups attached to an aromatic ring is 1. The standard InChI is InChI=1S/C21H22N2O3S/c1-26-21-13-12-19(14-20(21)22)27(24,25)23(15-17-8-4-2-5-9-17)16-18-10-6-3-7-11-18/h2-14H,15-16,22H2,1H3. The Morgan fingerprint density at radius 1 is 0.852 bits per heavy atom. The molecule has 27 heavy (non-hydrogen) atoms. The summed E-state index contributed by atoms with van der Waals surface area (Å²) in [4.78, 5) is 0.146. The van der Waals surface area contributed by atoms with Crippen molar-refractivity contribution in [3.63, 3.8) is 0 Å². The molecule has 0 saturated carbocycles. The Balaban J connectivity index is 1.98. The van der Waals surface area contributed by atoms with Crippen LogP contribution < -0.4 is 10.5 Å². The number of hydrogen-bond donors (Lipinski definition) is 1. The van der Waals surface area contributed by atoms with Gasteiger partial charge in [0.05, 0.1) is 17.7 Å². The molecule has 0 bridgehead atoms. The minimum Gasteiger partial charge on any atom is -0.495 e. The molecule has 0 fully saturated rings. The number of hydrogen-bond acceptors (Lipinski definition) is 4. The van der Waals surface area contributed by atoms with Gasteiger partial charge in [-0.1, -0.05) is 60.7 Å². The van der Waals surface area contributed by atoms with Crippen LogP contribution in [0.25, 0.3) is 0 Å². The summed E-state index contributed by atoms with van der Waals surface area (Å²) in [6, 6.07) is 23.6. The van der Waals surface area contributed by atoms with Crippen LogP contribution in [0.4, 0.5) is 5.69 Å². The average molecular weight is 382 g/mol. The second kappa shape index (κ2) is 8.24. The van der Waals surface area contributed by atoms with Gasteiger partial charge in [0.25, 0.3) is 0 Å². The van der Waals surface area contributed by atoms with Crippen molar-refractivity contribution in [3.8, 4) is 5.75 Å². The lowest BCUT2D eigenvalue weighted by atomic mass is 10.2. The summed E-state index contributed by atoms with van der Waals surface area (Å²) >= 11 is 0. The maximum atomic E-state index is 13.3. The van der Waals surface area contributed by atoms with E-state index in [4.69, 9.17) is 10.5 Å². The van der Waals surface area contributed by atoms with Crippen LogP contribution in [0.1, 0.15) is 11.1 Å². The van der Waals surface area contributed by atoms with E-state index in [1.165, 1.54) is 23.5 Å². The van der Waals surface area contributed by atoms with Crippen LogP contribution in [0.5, 0.6) is 5.75 Å². The number of rotatable bonds is 7. The highest BCUT2D eigenvalue weighted by Crippen LogP contribution is 2.28. The number of methoxy groups -OCH3 is 1. The molecule has 0 aliphatic rings. The van der Waals surface area contributed by atoms with Crippen molar-refractivity contribution >= 4 is 15.7 Å². The summed E-state index contributed by atoms with van der Waals surface area (Å²) in [6.45, 7) is 0.536. The SMILES string of the molecule is COc1ccc(S(=O)(=O)N(Cc2ccccc2)Cc2ccccc2)cc1N. The molecule has 0 unspecified atom stereocenters. The lowest BCUT2D eigenvalue weighted by Crippen LogP contribution is -2.30. The summed E-state index contributed by atoms with van der Waals surface area (Å²) in [5.74, 6) is 0.451. The van der Waals surface area contributed by atoms with E-state index in [9.17, 15) is 8.42 Å². The van der Waals surface area contributed by atoms with Crippen molar-refractivity contribution in [2.45, 2.75) is 18.0 Å². The average Bonchev–Trinajstić information content (AvgIpc) is 2.69. The lowest BCUT2D eigenvalue weighted by molar-refractivity contribution is 0.400. The number of nitrogens with two attached hydrogens (primary N) is 1. The molecule has 0 spiro atoms. The Labute approximate surface area is 160 Å². The molecule has 3 aromatic carbocycles. The first-order valence-corrected chi connectivity index (χ1v) is 9.96. The Hall–Kier alpha value is -2.83. The number of sulfonamides is 1. The van der Waals surface area contributed by atoms with Gasteiger partial charge in [0, 0.05) is 13.1 Å². The second-order valence-electron chi connectivity index (χ2n) is 6.15. The maximum Gasteiger partial charge on any atom is 0.243 e. The minimum absolute atomic E-state index is 0.146. The quantitative estimate of drug-likeness (QED) is 0.633. The second-order valence-corrected chi connectivity index (χ2v) is 8.09. The van der Waals surface area contributed by atoms with Gasteiger partial charge in [-0.3, -0.25) is 0 Å². The van der Waals surface area contributed by atoms with Gasteiger partial charge in [0.15, 0.2) is 0 Å². The van der Waals surface area contributed by atoms with Gasteiger partial charge in [-0.15, -0.1) is 0 Å². The molecule has 0 aromatic heterocycles. The lowest BCUT2D eigenvalue weighted by Gasteiger charge is -2.23. The van der Waals surface area contributed by atoms with E-state index >= 15 is 0 Å². The third-order valence-corrected chi connectivity index (χ3v) is 6.03. The number of anilines is 1. The van der Waals surface area contributed by atoms with Crippen LogP contribution in [0.3, 0.4) is 0 Å². The van der Waals surface area contributed by atoms with Gasteiger partial charge in [-0.05, 0) is 29.3 Å². The van der Waals surface area contributed by atoms with E-state index in [0.29, 0.717) is 5.75 Å². The van der Waals surface area contributed by atoms with Gasteiger partial charge in [-0.2, -0.15) is 4.31 Å². The predicted octanol–water partition coefficient (Wildman–Crippen LogP) is 3.67. The molecular weight excluding hydrogens is 360 g/mol. The van der Waals surface area contributed by atoms with Gasteiger partial charge in [0.2, 0.25) is 10.0 Å². The first-order valence-electron chi connectivity index (χ1n) is 8.52. The first kappa shape index (κ1) is 18.9. The van der Waals surface area contributed by atoms with Gasteiger partial charge in [0.1, 0.15) is 5.75 Å². The van der Waals surface area contributed by atoms with Gasteiger partial charge >= 0.3 is 0 Å². The molecule has 6 heteroatoms. The highest BCUT2D eigenvalue weighted by Gasteiger charge is 2.25. The molecule has 2 N–H and O–H groups in total. The van der Waals surface area contributed by atoms with Crippen LogP contribution >= 0.6 is 0 Å². The van der Waals surface area contributed by atoms with E-state index < -0.39 is 10.0 Å². The van der Waals surface area contributed by atoms with Crippen molar-refractivity contribution in [2.24, 2.45) is 0 Å². The number of nitrogens with zero attached hydrogens (tertiary/aromatic N) is 1. The maximum absolute atomic E-state index is 13.3. The summed E-state index contributed by atoms with van der Waals surface area (Å²) in [5.41, 5.74) is 8.05. The van der Waals surface area contributed by atoms with Crippen LogP contribution in [0, 0.1) is 0 Å². The largest absolute Gasteiger partial charge is 0.495 e. The zero-order valence-corrected chi connectivity index (χ0v) is 15.9. The smallest absolute Gasteiger partial charge is 0.243 e. The first-order chi connectivity index (χ1) is 13.0. The molecule has 0 heterocycles. The zero-order chi connectivity index (χ0) is 19.3. The van der Waals surface area contributed by atoms with Crippen LogP contribution in [-0.2, 0) is 23.1 Å². The van der Waals surface area contributed by atoms with E-state index in [2.05, 4.69) is 0 Å². The van der Waals surface area contributed by atoms with Crippen molar-refractivity contribution in [3.05, 3.63) is 90.0 Å². The Morgan fingerprint density at radius 2 is 1.37 bits per heavy atom. The van der Waals surface area contributed by atoms with Crippen molar-refractivity contribution < 1.29 is 13.2 Å². The molecule has 0 aliphatic heterocycles. The molecule has 5 nitrogen and oxygen atoms in total. The molecule has 0 aliphatic carbocycles. The molecule has 0 saturated heterocycles. The van der Waals surface area contributed by atoms with Crippen molar-refractivity contribution in [1.29, 1.82) is 0 Å². The molecule has 0 radical (unpaired) electrons. The topological polar surface area (TPSA) is 72.6 Å². The fourth-order valence-electron chi connectivity index (χ4n) is 2.82. The van der Waals surface area contributed by atoms with Crippen LogP contribution in [0.2, 0.25) is 0 Å².